The van der Waals surface area contributed by atoms with Crippen LogP contribution >= 0.6 is 34.8 Å². The van der Waals surface area contributed by atoms with E-state index in [4.69, 9.17) is 34.8 Å². The van der Waals surface area contributed by atoms with Crippen molar-refractivity contribution in [2.45, 2.75) is 6.92 Å². The quantitative estimate of drug-likeness (QED) is 0.422. The molecule has 166 valence electrons. The lowest BCUT2D eigenvalue weighted by Gasteiger charge is -2.15. The van der Waals surface area contributed by atoms with Crippen molar-refractivity contribution < 1.29 is 14.4 Å². The first-order chi connectivity index (χ1) is 15.7. The molecule has 0 saturated carbocycles. The lowest BCUT2D eigenvalue weighted by atomic mass is 10.1. The van der Waals surface area contributed by atoms with Crippen LogP contribution in [0.3, 0.4) is 0 Å². The van der Waals surface area contributed by atoms with Gasteiger partial charge in [0.05, 0.1) is 5.69 Å². The van der Waals surface area contributed by atoms with Crippen LogP contribution in [0.4, 0.5) is 17.1 Å². The maximum atomic E-state index is 12.9. The number of hydrogen-bond acceptors (Lipinski definition) is 4. The second kappa shape index (κ2) is 9.27. The molecule has 0 atom stereocenters. The van der Waals surface area contributed by atoms with E-state index in [2.05, 4.69) is 10.6 Å². The van der Waals surface area contributed by atoms with E-state index in [1.54, 1.807) is 66.7 Å². The first-order valence-corrected chi connectivity index (χ1v) is 10.9. The Morgan fingerprint density at radius 3 is 2.24 bits per heavy atom. The van der Waals surface area contributed by atoms with E-state index >= 15 is 0 Å². The van der Waals surface area contributed by atoms with E-state index in [0.29, 0.717) is 32.7 Å². The summed E-state index contributed by atoms with van der Waals surface area (Å²) in [7, 11) is 0. The van der Waals surface area contributed by atoms with E-state index in [-0.39, 0.29) is 16.6 Å². The van der Waals surface area contributed by atoms with Gasteiger partial charge in [-0.15, -0.1) is 0 Å². The fraction of sp³-hybridized carbons (Fsp3) is 0.0417. The summed E-state index contributed by atoms with van der Waals surface area (Å²) in [5.41, 5.74) is 2.47. The van der Waals surface area contributed by atoms with Gasteiger partial charge < -0.3 is 10.6 Å². The van der Waals surface area contributed by atoms with Crippen molar-refractivity contribution in [2.24, 2.45) is 0 Å². The molecule has 3 aromatic carbocycles. The van der Waals surface area contributed by atoms with Gasteiger partial charge in [0.15, 0.2) is 0 Å². The van der Waals surface area contributed by atoms with Gasteiger partial charge in [0, 0.05) is 27.0 Å². The Morgan fingerprint density at radius 1 is 0.848 bits per heavy atom. The molecule has 0 spiro atoms. The molecule has 0 fully saturated rings. The highest BCUT2D eigenvalue weighted by atomic mass is 35.5. The molecule has 1 heterocycles. The third-order valence-corrected chi connectivity index (χ3v) is 5.78. The Bertz CT molecular complexity index is 1320. The average molecular weight is 501 g/mol. The molecular formula is C24H16Cl3N3O3. The first kappa shape index (κ1) is 22.9. The van der Waals surface area contributed by atoms with E-state index in [1.165, 1.54) is 0 Å². The Balaban J connectivity index is 1.54. The summed E-state index contributed by atoms with van der Waals surface area (Å²) in [5, 5.41) is 6.50. The number of nitrogens with one attached hydrogen (secondary N) is 2. The number of hydrogen-bond donors (Lipinski definition) is 2. The lowest BCUT2D eigenvalue weighted by molar-refractivity contribution is -0.120. The molecular weight excluding hydrogens is 485 g/mol. The highest BCUT2D eigenvalue weighted by molar-refractivity contribution is 6.53. The number of carbonyl (C=O) groups is 3. The molecule has 0 radical (unpaired) electrons. The van der Waals surface area contributed by atoms with Crippen LogP contribution in [0.15, 0.2) is 77.5 Å². The summed E-state index contributed by atoms with van der Waals surface area (Å²) in [6.07, 6.45) is 0. The zero-order chi connectivity index (χ0) is 23.7. The molecule has 4 rings (SSSR count). The molecule has 0 aliphatic carbocycles. The Labute approximate surface area is 204 Å². The summed E-state index contributed by atoms with van der Waals surface area (Å²) >= 11 is 18.0. The first-order valence-electron chi connectivity index (χ1n) is 9.73. The Morgan fingerprint density at radius 2 is 1.55 bits per heavy atom. The topological polar surface area (TPSA) is 78.5 Å². The summed E-state index contributed by atoms with van der Waals surface area (Å²) in [6, 6.07) is 17.9. The van der Waals surface area contributed by atoms with E-state index in [1.807, 2.05) is 6.92 Å². The van der Waals surface area contributed by atoms with Gasteiger partial charge in [0.25, 0.3) is 17.7 Å². The Hall–Kier alpha value is -3.32. The number of amides is 3. The van der Waals surface area contributed by atoms with Gasteiger partial charge in [-0.05, 0) is 73.2 Å². The molecule has 1 aliphatic rings. The summed E-state index contributed by atoms with van der Waals surface area (Å²) in [6.45, 7) is 1.84. The van der Waals surface area contributed by atoms with Crippen LogP contribution in [0.25, 0.3) is 0 Å². The summed E-state index contributed by atoms with van der Waals surface area (Å²) < 4.78 is 0. The van der Waals surface area contributed by atoms with E-state index < -0.39 is 11.8 Å². The molecule has 1 aliphatic heterocycles. The molecule has 2 N–H and O–H groups in total. The molecule has 9 heteroatoms. The van der Waals surface area contributed by atoms with Gasteiger partial charge in [-0.25, -0.2) is 4.90 Å². The third-order valence-electron chi connectivity index (χ3n) is 4.94. The number of halogens is 3. The summed E-state index contributed by atoms with van der Waals surface area (Å²) in [5.74, 6) is -1.61. The highest BCUT2D eigenvalue weighted by Crippen LogP contribution is 2.31. The van der Waals surface area contributed by atoms with Crippen molar-refractivity contribution in [2.75, 3.05) is 15.5 Å². The number of rotatable bonds is 5. The van der Waals surface area contributed by atoms with Crippen LogP contribution in [0.5, 0.6) is 0 Å². The van der Waals surface area contributed by atoms with Crippen molar-refractivity contribution >= 4 is 69.6 Å². The van der Waals surface area contributed by atoms with E-state index in [9.17, 15) is 14.4 Å². The van der Waals surface area contributed by atoms with Crippen LogP contribution in [0.1, 0.15) is 15.9 Å². The fourth-order valence-corrected chi connectivity index (χ4v) is 3.85. The minimum absolute atomic E-state index is 0.0808. The van der Waals surface area contributed by atoms with Crippen molar-refractivity contribution in [1.82, 2.24) is 0 Å². The van der Waals surface area contributed by atoms with Gasteiger partial charge in [-0.3, -0.25) is 14.4 Å². The molecule has 33 heavy (non-hydrogen) atoms. The van der Waals surface area contributed by atoms with Crippen LogP contribution in [-0.2, 0) is 9.59 Å². The normalized spacial score (nSPS) is 13.5. The molecule has 6 nitrogen and oxygen atoms in total. The number of anilines is 3. The highest BCUT2D eigenvalue weighted by Gasteiger charge is 2.39. The zero-order valence-electron chi connectivity index (χ0n) is 17.2. The fourth-order valence-electron chi connectivity index (χ4n) is 3.28. The largest absolute Gasteiger partial charge is 0.350 e. The van der Waals surface area contributed by atoms with Crippen molar-refractivity contribution in [1.29, 1.82) is 0 Å². The maximum absolute atomic E-state index is 12.9. The second-order valence-corrected chi connectivity index (χ2v) is 8.48. The van der Waals surface area contributed by atoms with Crippen LogP contribution in [0, 0.1) is 6.92 Å². The number of nitrogens with zero attached hydrogens (tertiary/aromatic N) is 1. The summed E-state index contributed by atoms with van der Waals surface area (Å²) in [4.78, 5) is 39.2. The predicted molar refractivity (Wildman–Crippen MR) is 131 cm³/mol. The molecule has 3 amide bonds. The van der Waals surface area contributed by atoms with Crippen LogP contribution in [-0.4, -0.2) is 17.7 Å². The maximum Gasteiger partial charge on any atom is 0.283 e. The molecule has 0 unspecified atom stereocenters. The SMILES string of the molecule is Cc1cc(Cl)ccc1NC(=O)c1cccc(NC2=C(Cl)C(=O)N(c3ccc(Cl)cc3)C2=O)c1. The molecule has 3 aromatic rings. The van der Waals surface area contributed by atoms with Crippen LogP contribution in [0.2, 0.25) is 10.0 Å². The monoisotopic (exact) mass is 499 g/mol. The molecule has 0 saturated heterocycles. The van der Waals surface area contributed by atoms with E-state index in [0.717, 1.165) is 10.5 Å². The molecule has 0 bridgehead atoms. The minimum atomic E-state index is -0.654. The average Bonchev–Trinajstić information content (AvgIpc) is 3.00. The predicted octanol–water partition coefficient (Wildman–Crippen LogP) is 5.99. The number of aryl methyl sites for hydroxylation is 1. The number of imide groups is 1. The number of carbonyl (C=O) groups excluding carboxylic acids is 3. The van der Waals surface area contributed by atoms with Crippen molar-refractivity contribution in [3.05, 3.63) is 98.6 Å². The van der Waals surface area contributed by atoms with Gasteiger partial charge in [-0.2, -0.15) is 0 Å². The Kier molecular flexibility index (Phi) is 6.42. The molecule has 0 aromatic heterocycles. The number of benzene rings is 3. The third kappa shape index (κ3) is 4.73. The van der Waals surface area contributed by atoms with Gasteiger partial charge >= 0.3 is 0 Å². The van der Waals surface area contributed by atoms with Crippen molar-refractivity contribution in [3.63, 3.8) is 0 Å². The zero-order valence-corrected chi connectivity index (χ0v) is 19.4. The van der Waals surface area contributed by atoms with Gasteiger partial charge in [0.2, 0.25) is 0 Å². The van der Waals surface area contributed by atoms with Crippen molar-refractivity contribution in [3.8, 4) is 0 Å². The van der Waals surface area contributed by atoms with Gasteiger partial charge in [-0.1, -0.05) is 40.9 Å². The standard InChI is InChI=1S/C24H16Cl3N3O3/c1-13-11-16(26)7-10-19(13)29-22(31)14-3-2-4-17(12-14)28-21-20(27)23(32)30(24(21)33)18-8-5-15(25)6-9-18/h2-12,28H,1H3,(H,29,31). The minimum Gasteiger partial charge on any atom is -0.350 e. The van der Waals surface area contributed by atoms with Gasteiger partial charge in [0.1, 0.15) is 10.7 Å². The lowest BCUT2D eigenvalue weighted by Crippen LogP contribution is -2.32. The smallest absolute Gasteiger partial charge is 0.283 e. The second-order valence-electron chi connectivity index (χ2n) is 7.23. The van der Waals surface area contributed by atoms with Crippen LogP contribution < -0.4 is 15.5 Å².